The Kier molecular flexibility index (Phi) is 3.49. The number of anilines is 1. The molecule has 104 valence electrons. The third-order valence-electron chi connectivity index (χ3n) is 4.02. The minimum Gasteiger partial charge on any atom is -0.399 e. The fraction of sp³-hybridized carbons (Fsp3) is 0.100. The lowest BCUT2D eigenvalue weighted by Gasteiger charge is -2.15. The van der Waals surface area contributed by atoms with Crippen LogP contribution in [0.2, 0.25) is 0 Å². The normalized spacial score (nSPS) is 10.6. The first kappa shape index (κ1) is 13.4. The summed E-state index contributed by atoms with van der Waals surface area (Å²) < 4.78 is 0. The van der Waals surface area contributed by atoms with Gasteiger partial charge in [0.15, 0.2) is 0 Å². The maximum absolute atomic E-state index is 6.03. The van der Waals surface area contributed by atoms with Crippen molar-refractivity contribution in [3.63, 3.8) is 0 Å². The van der Waals surface area contributed by atoms with E-state index in [9.17, 15) is 0 Å². The van der Waals surface area contributed by atoms with Crippen molar-refractivity contribution in [2.24, 2.45) is 0 Å². The van der Waals surface area contributed by atoms with Crippen LogP contribution in [0, 0.1) is 13.8 Å². The third-order valence-corrected chi connectivity index (χ3v) is 4.02. The van der Waals surface area contributed by atoms with Gasteiger partial charge in [-0.1, -0.05) is 54.6 Å². The van der Waals surface area contributed by atoms with Crippen LogP contribution in [0.5, 0.6) is 0 Å². The Bertz CT molecular complexity index is 773. The molecule has 0 amide bonds. The Morgan fingerprint density at radius 3 is 2.19 bits per heavy atom. The average molecular weight is 273 g/mol. The van der Waals surface area contributed by atoms with E-state index >= 15 is 0 Å². The minimum absolute atomic E-state index is 0.797. The summed E-state index contributed by atoms with van der Waals surface area (Å²) in [6.45, 7) is 4.32. The number of rotatable bonds is 2. The number of aryl methyl sites for hydroxylation is 1. The second kappa shape index (κ2) is 5.45. The molecule has 0 bridgehead atoms. The maximum atomic E-state index is 6.03. The van der Waals surface area contributed by atoms with Gasteiger partial charge in [0.25, 0.3) is 0 Å². The fourth-order valence-electron chi connectivity index (χ4n) is 2.70. The molecule has 0 aliphatic heterocycles. The van der Waals surface area contributed by atoms with Gasteiger partial charge in [-0.15, -0.1) is 0 Å². The van der Waals surface area contributed by atoms with Crippen LogP contribution in [0.25, 0.3) is 22.3 Å². The van der Waals surface area contributed by atoms with Crippen LogP contribution in [0.1, 0.15) is 11.1 Å². The SMILES string of the molecule is Cc1cccc(-c2cc(N)ccc2-c2ccccc2)c1C. The first-order valence-electron chi connectivity index (χ1n) is 7.18. The van der Waals surface area contributed by atoms with Gasteiger partial charge >= 0.3 is 0 Å². The number of hydrogen-bond acceptors (Lipinski definition) is 1. The number of benzene rings is 3. The van der Waals surface area contributed by atoms with Crippen LogP contribution in [0.4, 0.5) is 5.69 Å². The first-order chi connectivity index (χ1) is 10.2. The van der Waals surface area contributed by atoms with Crippen LogP contribution in [-0.2, 0) is 0 Å². The summed E-state index contributed by atoms with van der Waals surface area (Å²) >= 11 is 0. The smallest absolute Gasteiger partial charge is 0.0320 e. The molecule has 0 saturated carbocycles. The topological polar surface area (TPSA) is 26.0 Å². The molecule has 0 aromatic heterocycles. The highest BCUT2D eigenvalue weighted by molar-refractivity contribution is 5.87. The molecule has 0 unspecified atom stereocenters. The minimum atomic E-state index is 0.797. The molecular formula is C20H19N. The Hall–Kier alpha value is -2.54. The van der Waals surface area contributed by atoms with E-state index in [1.165, 1.54) is 33.4 Å². The number of nitrogen functional groups attached to an aromatic ring is 1. The summed E-state index contributed by atoms with van der Waals surface area (Å²) in [5.74, 6) is 0. The van der Waals surface area contributed by atoms with Gasteiger partial charge in [0.1, 0.15) is 0 Å². The van der Waals surface area contributed by atoms with E-state index in [0.717, 1.165) is 5.69 Å². The van der Waals surface area contributed by atoms with E-state index in [0.29, 0.717) is 0 Å². The average Bonchev–Trinajstić information content (AvgIpc) is 2.51. The highest BCUT2D eigenvalue weighted by Gasteiger charge is 2.10. The van der Waals surface area contributed by atoms with E-state index in [1.54, 1.807) is 0 Å². The molecule has 0 spiro atoms. The molecule has 2 N–H and O–H groups in total. The second-order valence-corrected chi connectivity index (χ2v) is 5.42. The fourth-order valence-corrected chi connectivity index (χ4v) is 2.70. The lowest BCUT2D eigenvalue weighted by Crippen LogP contribution is -1.93. The summed E-state index contributed by atoms with van der Waals surface area (Å²) in [5.41, 5.74) is 14.3. The molecular weight excluding hydrogens is 254 g/mol. The van der Waals surface area contributed by atoms with Gasteiger partial charge in [0, 0.05) is 5.69 Å². The quantitative estimate of drug-likeness (QED) is 0.636. The van der Waals surface area contributed by atoms with Gasteiger partial charge in [-0.2, -0.15) is 0 Å². The van der Waals surface area contributed by atoms with Crippen molar-refractivity contribution in [2.75, 3.05) is 5.73 Å². The van der Waals surface area contributed by atoms with Crippen LogP contribution in [0.15, 0.2) is 66.7 Å². The Balaban J connectivity index is 2.27. The van der Waals surface area contributed by atoms with Gasteiger partial charge in [-0.25, -0.2) is 0 Å². The van der Waals surface area contributed by atoms with Gasteiger partial charge < -0.3 is 5.73 Å². The zero-order chi connectivity index (χ0) is 14.8. The summed E-state index contributed by atoms with van der Waals surface area (Å²) in [7, 11) is 0. The predicted octanol–water partition coefficient (Wildman–Crippen LogP) is 5.22. The summed E-state index contributed by atoms with van der Waals surface area (Å²) in [4.78, 5) is 0. The molecule has 21 heavy (non-hydrogen) atoms. The van der Waals surface area contributed by atoms with Crippen molar-refractivity contribution >= 4 is 5.69 Å². The van der Waals surface area contributed by atoms with E-state index in [1.807, 2.05) is 12.1 Å². The summed E-state index contributed by atoms with van der Waals surface area (Å²) in [6.07, 6.45) is 0. The number of nitrogens with two attached hydrogens (primary N) is 1. The van der Waals surface area contributed by atoms with Gasteiger partial charge in [0.2, 0.25) is 0 Å². The van der Waals surface area contributed by atoms with Crippen molar-refractivity contribution in [3.8, 4) is 22.3 Å². The summed E-state index contributed by atoms with van der Waals surface area (Å²) in [6, 6.07) is 23.0. The zero-order valence-electron chi connectivity index (χ0n) is 12.4. The second-order valence-electron chi connectivity index (χ2n) is 5.42. The van der Waals surface area contributed by atoms with Crippen molar-refractivity contribution in [1.82, 2.24) is 0 Å². The van der Waals surface area contributed by atoms with Crippen LogP contribution in [0.3, 0.4) is 0 Å². The molecule has 0 aliphatic rings. The molecule has 0 atom stereocenters. The van der Waals surface area contributed by atoms with E-state index in [-0.39, 0.29) is 0 Å². The lowest BCUT2D eigenvalue weighted by atomic mass is 9.90. The monoisotopic (exact) mass is 273 g/mol. The first-order valence-corrected chi connectivity index (χ1v) is 7.18. The molecule has 0 fully saturated rings. The van der Waals surface area contributed by atoms with Crippen molar-refractivity contribution in [2.45, 2.75) is 13.8 Å². The van der Waals surface area contributed by atoms with Crippen LogP contribution in [-0.4, -0.2) is 0 Å². The highest BCUT2D eigenvalue weighted by Crippen LogP contribution is 2.35. The number of hydrogen-bond donors (Lipinski definition) is 1. The standard InChI is InChI=1S/C20H19N/c1-14-7-6-10-18(15(14)2)20-13-17(21)11-12-19(20)16-8-4-3-5-9-16/h3-13H,21H2,1-2H3. The third kappa shape index (κ3) is 2.55. The van der Waals surface area contributed by atoms with E-state index in [2.05, 4.69) is 68.4 Å². The Morgan fingerprint density at radius 2 is 1.43 bits per heavy atom. The molecule has 0 saturated heterocycles. The highest BCUT2D eigenvalue weighted by atomic mass is 14.5. The molecule has 1 nitrogen and oxygen atoms in total. The Labute approximate surface area is 126 Å². The van der Waals surface area contributed by atoms with Gasteiger partial charge in [-0.05, 0) is 59.4 Å². The predicted molar refractivity (Wildman–Crippen MR) is 91.2 cm³/mol. The molecule has 0 aliphatic carbocycles. The van der Waals surface area contributed by atoms with E-state index in [4.69, 9.17) is 5.73 Å². The molecule has 0 heterocycles. The van der Waals surface area contributed by atoms with Crippen molar-refractivity contribution < 1.29 is 0 Å². The molecule has 3 rings (SSSR count). The largest absolute Gasteiger partial charge is 0.399 e. The van der Waals surface area contributed by atoms with Gasteiger partial charge in [0.05, 0.1) is 0 Å². The van der Waals surface area contributed by atoms with Crippen LogP contribution >= 0.6 is 0 Å². The zero-order valence-corrected chi connectivity index (χ0v) is 12.4. The van der Waals surface area contributed by atoms with Gasteiger partial charge in [-0.3, -0.25) is 0 Å². The maximum Gasteiger partial charge on any atom is 0.0320 e. The summed E-state index contributed by atoms with van der Waals surface area (Å²) in [5, 5.41) is 0. The molecule has 3 aromatic rings. The lowest BCUT2D eigenvalue weighted by molar-refractivity contribution is 1.34. The van der Waals surface area contributed by atoms with Crippen LogP contribution < -0.4 is 5.73 Å². The molecule has 1 heteroatoms. The Morgan fingerprint density at radius 1 is 0.667 bits per heavy atom. The van der Waals surface area contributed by atoms with Crippen molar-refractivity contribution in [1.29, 1.82) is 0 Å². The molecule has 0 radical (unpaired) electrons. The van der Waals surface area contributed by atoms with E-state index < -0.39 is 0 Å². The van der Waals surface area contributed by atoms with Crippen molar-refractivity contribution in [3.05, 3.63) is 77.9 Å². The molecule has 3 aromatic carbocycles.